The monoisotopic (exact) mass is 292 g/mol. The minimum Gasteiger partial charge on any atom is -0.342 e. The van der Waals surface area contributed by atoms with Crippen LogP contribution < -0.4 is 5.32 Å². The van der Waals surface area contributed by atoms with E-state index in [-0.39, 0.29) is 23.8 Å². The number of hydrogen-bond acceptors (Lipinski definition) is 2. The van der Waals surface area contributed by atoms with E-state index in [1.165, 1.54) is 12.8 Å². The fraction of sp³-hybridized carbons (Fsp3) is 0.882. The molecule has 3 rings (SSSR count). The zero-order valence-electron chi connectivity index (χ0n) is 13.5. The van der Waals surface area contributed by atoms with Crippen LogP contribution in [0.25, 0.3) is 0 Å². The second kappa shape index (κ2) is 5.29. The van der Waals surface area contributed by atoms with Crippen LogP contribution in [0.1, 0.15) is 59.3 Å². The summed E-state index contributed by atoms with van der Waals surface area (Å²) < 4.78 is 0. The van der Waals surface area contributed by atoms with E-state index >= 15 is 0 Å². The van der Waals surface area contributed by atoms with E-state index in [9.17, 15) is 9.59 Å². The highest BCUT2D eigenvalue weighted by atomic mass is 16.2. The molecule has 1 saturated heterocycles. The summed E-state index contributed by atoms with van der Waals surface area (Å²) in [6.45, 7) is 6.88. The van der Waals surface area contributed by atoms with Crippen molar-refractivity contribution in [2.45, 2.75) is 70.9 Å². The molecule has 2 aliphatic carbocycles. The summed E-state index contributed by atoms with van der Waals surface area (Å²) in [5, 5.41) is 3.03. The van der Waals surface area contributed by atoms with Gasteiger partial charge in [-0.2, -0.15) is 0 Å². The predicted molar refractivity (Wildman–Crippen MR) is 81.6 cm³/mol. The topological polar surface area (TPSA) is 49.4 Å². The molecule has 0 radical (unpaired) electrons. The van der Waals surface area contributed by atoms with Gasteiger partial charge in [-0.25, -0.2) is 0 Å². The molecular formula is C17H28N2O2. The van der Waals surface area contributed by atoms with Gasteiger partial charge in [0.05, 0.1) is 0 Å². The first-order chi connectivity index (χ1) is 9.98. The number of amides is 2. The van der Waals surface area contributed by atoms with E-state index in [0.717, 1.165) is 38.1 Å². The summed E-state index contributed by atoms with van der Waals surface area (Å²) in [5.74, 6) is 1.57. The highest BCUT2D eigenvalue weighted by molar-refractivity contribution is 6.00. The standard InChI is InChI=1S/C17H28N2O2/c1-4-11(2)14-15(20)19(10-9-12-5-6-12)17(3,13-7-8-13)16(21)18-14/h11-14H,4-10H2,1-3H3,(H,18,21). The molecule has 3 aliphatic rings. The number of carbonyl (C=O) groups is 2. The van der Waals surface area contributed by atoms with Gasteiger partial charge in [-0.15, -0.1) is 0 Å². The molecule has 1 heterocycles. The van der Waals surface area contributed by atoms with Gasteiger partial charge in [0, 0.05) is 6.54 Å². The normalized spacial score (nSPS) is 34.8. The zero-order valence-corrected chi connectivity index (χ0v) is 13.5. The van der Waals surface area contributed by atoms with Crippen molar-refractivity contribution >= 4 is 11.8 Å². The quantitative estimate of drug-likeness (QED) is 0.817. The molecule has 0 aromatic carbocycles. The Hall–Kier alpha value is -1.06. The molecule has 1 aliphatic heterocycles. The van der Waals surface area contributed by atoms with E-state index in [0.29, 0.717) is 5.92 Å². The van der Waals surface area contributed by atoms with Crippen LogP contribution in [-0.2, 0) is 9.59 Å². The summed E-state index contributed by atoms with van der Waals surface area (Å²) in [6, 6.07) is -0.325. The summed E-state index contributed by atoms with van der Waals surface area (Å²) in [4.78, 5) is 27.6. The lowest BCUT2D eigenvalue weighted by molar-refractivity contribution is -0.159. The zero-order chi connectivity index (χ0) is 15.2. The van der Waals surface area contributed by atoms with Crippen molar-refractivity contribution < 1.29 is 9.59 Å². The highest BCUT2D eigenvalue weighted by Gasteiger charge is 2.57. The molecule has 2 saturated carbocycles. The Morgan fingerprint density at radius 3 is 2.48 bits per heavy atom. The number of nitrogens with zero attached hydrogens (tertiary/aromatic N) is 1. The van der Waals surface area contributed by atoms with Crippen LogP contribution in [0.2, 0.25) is 0 Å². The third-order valence-electron chi connectivity index (χ3n) is 5.88. The molecule has 3 atom stereocenters. The van der Waals surface area contributed by atoms with Gasteiger partial charge in [0.2, 0.25) is 11.8 Å². The van der Waals surface area contributed by atoms with Crippen LogP contribution in [0.5, 0.6) is 0 Å². The SMILES string of the molecule is CCC(C)C1NC(=O)C(C)(C2CC2)N(CCC2CC2)C1=O. The van der Waals surface area contributed by atoms with E-state index in [1.807, 2.05) is 11.8 Å². The largest absolute Gasteiger partial charge is 0.342 e. The Morgan fingerprint density at radius 2 is 1.95 bits per heavy atom. The first kappa shape index (κ1) is 14.9. The maximum absolute atomic E-state index is 13.0. The summed E-state index contributed by atoms with van der Waals surface area (Å²) in [5.41, 5.74) is -0.601. The molecule has 1 N–H and O–H groups in total. The van der Waals surface area contributed by atoms with Crippen molar-refractivity contribution in [2.24, 2.45) is 17.8 Å². The fourth-order valence-electron chi connectivity index (χ4n) is 3.60. The number of nitrogens with one attached hydrogen (secondary N) is 1. The molecule has 0 aromatic rings. The van der Waals surface area contributed by atoms with Gasteiger partial charge in [-0.1, -0.05) is 33.1 Å². The van der Waals surface area contributed by atoms with E-state index in [1.54, 1.807) is 0 Å². The van der Waals surface area contributed by atoms with Crippen LogP contribution >= 0.6 is 0 Å². The molecule has 3 fully saturated rings. The maximum Gasteiger partial charge on any atom is 0.246 e. The predicted octanol–water partition coefficient (Wildman–Crippen LogP) is 2.33. The van der Waals surface area contributed by atoms with Crippen LogP contribution in [-0.4, -0.2) is 34.8 Å². The molecule has 3 unspecified atom stereocenters. The fourth-order valence-corrected chi connectivity index (χ4v) is 3.60. The number of rotatable bonds is 6. The minimum absolute atomic E-state index is 0.0747. The minimum atomic E-state index is -0.601. The second-order valence-corrected chi connectivity index (χ2v) is 7.48. The van der Waals surface area contributed by atoms with Gasteiger partial charge in [0.25, 0.3) is 0 Å². The third-order valence-corrected chi connectivity index (χ3v) is 5.88. The Labute approximate surface area is 127 Å². The van der Waals surface area contributed by atoms with E-state index < -0.39 is 5.54 Å². The van der Waals surface area contributed by atoms with Gasteiger partial charge in [0.15, 0.2) is 0 Å². The first-order valence-electron chi connectivity index (χ1n) is 8.60. The van der Waals surface area contributed by atoms with Gasteiger partial charge >= 0.3 is 0 Å². The number of hydrogen-bond donors (Lipinski definition) is 1. The Morgan fingerprint density at radius 1 is 1.29 bits per heavy atom. The lowest BCUT2D eigenvalue weighted by Crippen LogP contribution is -2.71. The molecule has 4 heteroatoms. The molecule has 4 nitrogen and oxygen atoms in total. The molecule has 2 amide bonds. The van der Waals surface area contributed by atoms with Crippen LogP contribution in [0.15, 0.2) is 0 Å². The van der Waals surface area contributed by atoms with E-state index in [2.05, 4.69) is 19.2 Å². The molecule has 0 aromatic heterocycles. The summed E-state index contributed by atoms with van der Waals surface area (Å²) in [7, 11) is 0. The van der Waals surface area contributed by atoms with E-state index in [4.69, 9.17) is 0 Å². The molecule has 118 valence electrons. The first-order valence-corrected chi connectivity index (χ1v) is 8.60. The molecule has 21 heavy (non-hydrogen) atoms. The molecule has 0 bridgehead atoms. The Bertz CT molecular complexity index is 442. The third kappa shape index (κ3) is 2.58. The average Bonchev–Trinajstić information content (AvgIpc) is 3.33. The van der Waals surface area contributed by atoms with Gasteiger partial charge < -0.3 is 10.2 Å². The van der Waals surface area contributed by atoms with Gasteiger partial charge in [-0.3, -0.25) is 9.59 Å². The average molecular weight is 292 g/mol. The van der Waals surface area contributed by atoms with Crippen molar-refractivity contribution in [3.63, 3.8) is 0 Å². The van der Waals surface area contributed by atoms with Gasteiger partial charge in [-0.05, 0) is 43.9 Å². The van der Waals surface area contributed by atoms with Gasteiger partial charge in [0.1, 0.15) is 11.6 Å². The maximum atomic E-state index is 13.0. The molecular weight excluding hydrogens is 264 g/mol. The Kier molecular flexibility index (Phi) is 3.74. The molecule has 0 spiro atoms. The van der Waals surface area contributed by atoms with Crippen molar-refractivity contribution in [1.29, 1.82) is 0 Å². The van der Waals surface area contributed by atoms with Crippen LogP contribution in [0.4, 0.5) is 0 Å². The van der Waals surface area contributed by atoms with Crippen molar-refractivity contribution in [1.82, 2.24) is 10.2 Å². The highest BCUT2D eigenvalue weighted by Crippen LogP contribution is 2.46. The van der Waals surface area contributed by atoms with Crippen molar-refractivity contribution in [3.8, 4) is 0 Å². The summed E-state index contributed by atoms with van der Waals surface area (Å²) >= 11 is 0. The van der Waals surface area contributed by atoms with Crippen LogP contribution in [0, 0.1) is 17.8 Å². The van der Waals surface area contributed by atoms with Crippen molar-refractivity contribution in [3.05, 3.63) is 0 Å². The lowest BCUT2D eigenvalue weighted by atomic mass is 9.84. The summed E-state index contributed by atoms with van der Waals surface area (Å²) in [6.07, 6.45) is 6.71. The second-order valence-electron chi connectivity index (χ2n) is 7.48. The lowest BCUT2D eigenvalue weighted by Gasteiger charge is -2.48. The number of piperazine rings is 1. The van der Waals surface area contributed by atoms with Crippen molar-refractivity contribution in [2.75, 3.05) is 6.54 Å². The Balaban J connectivity index is 1.82. The number of carbonyl (C=O) groups excluding carboxylic acids is 2. The smallest absolute Gasteiger partial charge is 0.246 e. The van der Waals surface area contributed by atoms with Crippen LogP contribution in [0.3, 0.4) is 0 Å².